The molecular formula is C12H20N4O5. The van der Waals surface area contributed by atoms with Crippen LogP contribution in [0.25, 0.3) is 0 Å². The third kappa shape index (κ3) is 3.21. The van der Waals surface area contributed by atoms with Crippen molar-refractivity contribution in [1.29, 1.82) is 0 Å². The molecule has 1 aliphatic heterocycles. The van der Waals surface area contributed by atoms with Crippen LogP contribution in [0.3, 0.4) is 0 Å². The zero-order valence-electron chi connectivity index (χ0n) is 12.0. The van der Waals surface area contributed by atoms with Crippen LogP contribution >= 0.6 is 0 Å². The van der Waals surface area contributed by atoms with E-state index in [-0.39, 0.29) is 12.4 Å². The highest BCUT2D eigenvalue weighted by atomic mass is 16.6. The molecule has 3 N–H and O–H groups in total. The molecule has 1 unspecified atom stereocenters. The van der Waals surface area contributed by atoms with Gasteiger partial charge in [-0.1, -0.05) is 0 Å². The Kier molecular flexibility index (Phi) is 5.23. The Bertz CT molecular complexity index is 523. The molecule has 1 fully saturated rings. The summed E-state index contributed by atoms with van der Waals surface area (Å²) in [6.07, 6.45) is -1.22. The molecule has 21 heavy (non-hydrogen) atoms. The van der Waals surface area contributed by atoms with Crippen LogP contribution in [-0.4, -0.2) is 58.0 Å². The number of hydrogen-bond acceptors (Lipinski definition) is 8. The Morgan fingerprint density at radius 1 is 1.38 bits per heavy atom. The van der Waals surface area contributed by atoms with Gasteiger partial charge in [-0.15, -0.1) is 0 Å². The van der Waals surface area contributed by atoms with Gasteiger partial charge >= 0.3 is 5.69 Å². The van der Waals surface area contributed by atoms with Gasteiger partial charge in [0.05, 0.1) is 12.8 Å². The topological polar surface area (TPSA) is 122 Å². The summed E-state index contributed by atoms with van der Waals surface area (Å²) in [4.78, 5) is 15.5. The lowest BCUT2D eigenvalue weighted by Crippen LogP contribution is -2.40. The van der Waals surface area contributed by atoms with Gasteiger partial charge in [-0.2, -0.15) is 14.8 Å². The second-order valence-corrected chi connectivity index (χ2v) is 4.50. The number of nitrogen functional groups attached to an aromatic ring is 1. The van der Waals surface area contributed by atoms with Crippen molar-refractivity contribution >= 4 is 5.82 Å². The van der Waals surface area contributed by atoms with Crippen molar-refractivity contribution in [3.05, 3.63) is 16.7 Å². The minimum Gasteiger partial charge on any atom is -0.394 e. The summed E-state index contributed by atoms with van der Waals surface area (Å²) in [5.74, 6) is 0.0299. The maximum absolute atomic E-state index is 11.9. The quantitative estimate of drug-likeness (QED) is 0.680. The van der Waals surface area contributed by atoms with Crippen molar-refractivity contribution in [2.45, 2.75) is 38.4 Å². The minimum atomic E-state index is -0.820. The van der Waals surface area contributed by atoms with Gasteiger partial charge in [0.15, 0.2) is 6.23 Å². The molecule has 9 heteroatoms. The number of anilines is 1. The van der Waals surface area contributed by atoms with E-state index < -0.39 is 30.2 Å². The van der Waals surface area contributed by atoms with E-state index in [1.54, 1.807) is 0 Å². The van der Waals surface area contributed by atoms with Gasteiger partial charge in [0.2, 0.25) is 0 Å². The Labute approximate surface area is 121 Å². The van der Waals surface area contributed by atoms with Gasteiger partial charge in [-0.3, -0.25) is 0 Å². The molecule has 0 bridgehead atoms. The Morgan fingerprint density at radius 3 is 2.62 bits per heavy atom. The molecule has 0 spiro atoms. The van der Waals surface area contributed by atoms with Gasteiger partial charge < -0.3 is 25.1 Å². The molecule has 0 radical (unpaired) electrons. The van der Waals surface area contributed by atoms with E-state index in [1.807, 2.05) is 13.8 Å². The van der Waals surface area contributed by atoms with Crippen LogP contribution in [0.15, 0.2) is 11.0 Å². The highest BCUT2D eigenvalue weighted by Gasteiger charge is 2.47. The third-order valence-corrected chi connectivity index (χ3v) is 3.16. The maximum Gasteiger partial charge on any atom is 0.368 e. The van der Waals surface area contributed by atoms with Gasteiger partial charge in [-0.05, 0) is 13.8 Å². The number of ether oxygens (including phenoxy) is 3. The summed E-state index contributed by atoms with van der Waals surface area (Å²) >= 11 is 0. The molecule has 0 saturated carbocycles. The highest BCUT2D eigenvalue weighted by Crippen LogP contribution is 2.32. The van der Waals surface area contributed by atoms with Crippen molar-refractivity contribution in [3.63, 3.8) is 0 Å². The second kappa shape index (κ2) is 6.94. The molecule has 9 nitrogen and oxygen atoms in total. The van der Waals surface area contributed by atoms with Gasteiger partial charge in [0, 0.05) is 13.2 Å². The summed E-state index contributed by atoms with van der Waals surface area (Å²) < 4.78 is 17.9. The number of nitrogens with zero attached hydrogens (tertiary/aromatic N) is 3. The summed E-state index contributed by atoms with van der Waals surface area (Å²) in [5.41, 5.74) is 4.78. The first-order valence-electron chi connectivity index (χ1n) is 6.83. The number of hydrogen-bond donors (Lipinski definition) is 2. The van der Waals surface area contributed by atoms with E-state index in [0.717, 1.165) is 4.68 Å². The van der Waals surface area contributed by atoms with Crippen molar-refractivity contribution < 1.29 is 19.3 Å². The van der Waals surface area contributed by atoms with Crippen molar-refractivity contribution in [3.8, 4) is 0 Å². The van der Waals surface area contributed by atoms with Crippen molar-refractivity contribution in [2.75, 3.05) is 25.6 Å². The van der Waals surface area contributed by atoms with Crippen LogP contribution in [0.4, 0.5) is 5.82 Å². The molecule has 118 valence electrons. The fourth-order valence-electron chi connectivity index (χ4n) is 2.35. The number of aliphatic hydroxyl groups excluding tert-OH is 1. The molecule has 0 amide bonds. The van der Waals surface area contributed by atoms with E-state index in [4.69, 9.17) is 19.9 Å². The third-order valence-electron chi connectivity index (χ3n) is 3.16. The first kappa shape index (κ1) is 15.8. The predicted octanol–water partition coefficient (Wildman–Crippen LogP) is -1.08. The van der Waals surface area contributed by atoms with Gasteiger partial charge in [-0.25, -0.2) is 4.79 Å². The largest absolute Gasteiger partial charge is 0.394 e. The normalized spacial score (nSPS) is 28.9. The van der Waals surface area contributed by atoms with E-state index in [0.29, 0.717) is 13.2 Å². The lowest BCUT2D eigenvalue weighted by atomic mass is 10.1. The Hall–Kier alpha value is -1.55. The standard InChI is InChI=1S/C12H20N4O5/c1-3-19-9-7(6-17)21-11(10(9)20-4-2)16-12(18)15-8(13)5-14-16/h5,7,9-11,17H,3-4,6H2,1-2H3,(H2,13,15,18)/t7-,9?,10+,11-/m1/s1. The van der Waals surface area contributed by atoms with Crippen LogP contribution in [-0.2, 0) is 14.2 Å². The molecular weight excluding hydrogens is 280 g/mol. The van der Waals surface area contributed by atoms with E-state index >= 15 is 0 Å². The fourth-order valence-corrected chi connectivity index (χ4v) is 2.35. The van der Waals surface area contributed by atoms with Crippen LogP contribution < -0.4 is 11.4 Å². The average Bonchev–Trinajstić information content (AvgIpc) is 2.78. The molecule has 2 rings (SSSR count). The second-order valence-electron chi connectivity index (χ2n) is 4.50. The monoisotopic (exact) mass is 300 g/mol. The van der Waals surface area contributed by atoms with Crippen molar-refractivity contribution in [1.82, 2.24) is 14.8 Å². The summed E-state index contributed by atoms with van der Waals surface area (Å²) in [6.45, 7) is 4.25. The predicted molar refractivity (Wildman–Crippen MR) is 72.5 cm³/mol. The van der Waals surface area contributed by atoms with Gasteiger partial charge in [0.25, 0.3) is 0 Å². The fraction of sp³-hybridized carbons (Fsp3) is 0.750. The van der Waals surface area contributed by atoms with E-state index in [1.165, 1.54) is 6.20 Å². The SMILES string of the molecule is CCOC1[C@@H](CO)O[C@@H](n2ncc(N)nc2=O)[C@H]1OCC. The first-order valence-corrected chi connectivity index (χ1v) is 6.83. The summed E-state index contributed by atoms with van der Waals surface area (Å²) in [5, 5.41) is 13.4. The molecule has 1 aliphatic rings. The number of aromatic nitrogens is 3. The van der Waals surface area contributed by atoms with E-state index in [9.17, 15) is 9.90 Å². The van der Waals surface area contributed by atoms with Crippen molar-refractivity contribution in [2.24, 2.45) is 0 Å². The zero-order chi connectivity index (χ0) is 15.4. The van der Waals surface area contributed by atoms with Gasteiger partial charge in [0.1, 0.15) is 24.1 Å². The van der Waals surface area contributed by atoms with Crippen LogP contribution in [0, 0.1) is 0 Å². The maximum atomic E-state index is 11.9. The molecule has 1 aromatic rings. The first-order chi connectivity index (χ1) is 10.1. The Morgan fingerprint density at radius 2 is 2.05 bits per heavy atom. The number of rotatable bonds is 6. The molecule has 1 aromatic heterocycles. The summed E-state index contributed by atoms with van der Waals surface area (Å²) in [6, 6.07) is 0. The molecule has 1 saturated heterocycles. The highest BCUT2D eigenvalue weighted by molar-refractivity contribution is 5.19. The Balaban J connectivity index is 2.34. The van der Waals surface area contributed by atoms with Crippen LogP contribution in [0.1, 0.15) is 20.1 Å². The molecule has 2 heterocycles. The number of nitrogens with two attached hydrogens (primary N) is 1. The minimum absolute atomic E-state index is 0.0299. The lowest BCUT2D eigenvalue weighted by Gasteiger charge is -2.23. The zero-order valence-corrected chi connectivity index (χ0v) is 12.0. The smallest absolute Gasteiger partial charge is 0.368 e. The number of aliphatic hydroxyl groups is 1. The van der Waals surface area contributed by atoms with E-state index in [2.05, 4.69) is 10.1 Å². The lowest BCUT2D eigenvalue weighted by molar-refractivity contribution is -0.0810. The van der Waals surface area contributed by atoms with Crippen LogP contribution in [0.5, 0.6) is 0 Å². The molecule has 4 atom stereocenters. The molecule has 0 aliphatic carbocycles. The van der Waals surface area contributed by atoms with Crippen LogP contribution in [0.2, 0.25) is 0 Å². The average molecular weight is 300 g/mol. The summed E-state index contributed by atoms with van der Waals surface area (Å²) in [7, 11) is 0. The molecule has 0 aromatic carbocycles.